The summed E-state index contributed by atoms with van der Waals surface area (Å²) in [6, 6.07) is 0. The van der Waals surface area contributed by atoms with Crippen molar-refractivity contribution in [2.75, 3.05) is 92.0 Å². The molecular formula is C30H52O4S10. The van der Waals surface area contributed by atoms with Crippen LogP contribution in [0, 0.1) is 0 Å². The molecule has 0 spiro atoms. The van der Waals surface area contributed by atoms with Gasteiger partial charge in [-0.25, -0.2) is 0 Å². The normalized spacial score (nSPS) is 23.1. The first-order chi connectivity index (χ1) is 21.6. The highest BCUT2D eigenvalue weighted by atomic mass is 32.2. The van der Waals surface area contributed by atoms with Gasteiger partial charge in [0.05, 0.1) is 0 Å². The maximum Gasteiger partial charge on any atom is 0.188 e. The summed E-state index contributed by atoms with van der Waals surface area (Å²) < 4.78 is 0. The zero-order chi connectivity index (χ0) is 31.8. The van der Waals surface area contributed by atoms with Gasteiger partial charge < -0.3 is 0 Å². The number of hydrogen-bond acceptors (Lipinski definition) is 14. The fourth-order valence-corrected chi connectivity index (χ4v) is 13.9. The third-order valence-electron chi connectivity index (χ3n) is 5.97. The van der Waals surface area contributed by atoms with Crippen LogP contribution in [0.15, 0.2) is 0 Å². The van der Waals surface area contributed by atoms with Gasteiger partial charge in [-0.1, -0.05) is 59.9 Å². The highest BCUT2D eigenvalue weighted by molar-refractivity contribution is 8.15. The molecule has 4 nitrogen and oxygen atoms in total. The first-order valence-electron chi connectivity index (χ1n) is 15.7. The van der Waals surface area contributed by atoms with E-state index < -0.39 is 0 Å². The van der Waals surface area contributed by atoms with Crippen LogP contribution in [0.4, 0.5) is 0 Å². The number of rotatable bonds is 0. The third-order valence-corrected chi connectivity index (χ3v) is 17.7. The van der Waals surface area contributed by atoms with Gasteiger partial charge in [-0.05, 0) is 25.7 Å². The molecule has 1 heterocycles. The molecule has 44 heavy (non-hydrogen) atoms. The third kappa shape index (κ3) is 32.7. The number of hydrogen-bond donors (Lipinski definition) is 0. The molecule has 0 aromatic heterocycles. The first-order valence-corrected chi connectivity index (χ1v) is 26.5. The molecule has 0 aromatic rings. The van der Waals surface area contributed by atoms with E-state index in [4.69, 9.17) is 0 Å². The molecule has 1 rings (SSSR count). The van der Waals surface area contributed by atoms with Gasteiger partial charge in [0, 0.05) is 118 Å². The molecule has 1 aliphatic heterocycles. The van der Waals surface area contributed by atoms with E-state index in [2.05, 4.69) is 0 Å². The van der Waals surface area contributed by atoms with Crippen molar-refractivity contribution in [3.63, 3.8) is 0 Å². The Balaban J connectivity index is 2.19. The molecule has 0 radical (unpaired) electrons. The van der Waals surface area contributed by atoms with Crippen LogP contribution >= 0.6 is 118 Å². The van der Waals surface area contributed by atoms with E-state index in [0.29, 0.717) is 46.1 Å². The Bertz CT molecular complexity index is 629. The van der Waals surface area contributed by atoms with Crippen molar-refractivity contribution in [3.8, 4) is 0 Å². The Labute approximate surface area is 310 Å². The van der Waals surface area contributed by atoms with Crippen molar-refractivity contribution >= 4 is 138 Å². The summed E-state index contributed by atoms with van der Waals surface area (Å²) in [5.41, 5.74) is 0. The summed E-state index contributed by atoms with van der Waals surface area (Å²) in [7, 11) is 0. The number of thioether (sulfide) groups is 10. The summed E-state index contributed by atoms with van der Waals surface area (Å²) in [4.78, 5) is 48.4. The minimum Gasteiger partial charge on any atom is -0.287 e. The van der Waals surface area contributed by atoms with Gasteiger partial charge in [0.2, 0.25) is 0 Å². The second kappa shape index (κ2) is 35.0. The predicted molar refractivity (Wildman–Crippen MR) is 220 cm³/mol. The van der Waals surface area contributed by atoms with Crippen LogP contribution in [-0.4, -0.2) is 113 Å². The largest absolute Gasteiger partial charge is 0.287 e. The van der Waals surface area contributed by atoms with E-state index in [9.17, 15) is 19.2 Å². The maximum absolute atomic E-state index is 12.1. The van der Waals surface area contributed by atoms with Gasteiger partial charge in [0.1, 0.15) is 0 Å². The molecule has 0 aliphatic carbocycles. The minimum atomic E-state index is 0.295. The Kier molecular flexibility index (Phi) is 35.2. The van der Waals surface area contributed by atoms with Crippen LogP contribution in [0.5, 0.6) is 0 Å². The fourth-order valence-electron chi connectivity index (χ4n) is 3.66. The summed E-state index contributed by atoms with van der Waals surface area (Å²) in [5.74, 6) is 16.8. The van der Waals surface area contributed by atoms with Crippen molar-refractivity contribution in [2.45, 2.75) is 64.2 Å². The van der Waals surface area contributed by atoms with Gasteiger partial charge >= 0.3 is 0 Å². The van der Waals surface area contributed by atoms with Crippen LogP contribution in [-0.2, 0) is 19.2 Å². The van der Waals surface area contributed by atoms with Crippen molar-refractivity contribution in [2.24, 2.45) is 0 Å². The highest BCUT2D eigenvalue weighted by Crippen LogP contribution is 2.19. The summed E-state index contributed by atoms with van der Waals surface area (Å²) in [6.45, 7) is 0. The van der Waals surface area contributed by atoms with Crippen molar-refractivity contribution in [1.82, 2.24) is 0 Å². The quantitative estimate of drug-likeness (QED) is 0.234. The predicted octanol–water partition coefficient (Wildman–Crippen LogP) is 9.34. The molecule has 1 fully saturated rings. The van der Waals surface area contributed by atoms with E-state index in [-0.39, 0.29) is 0 Å². The van der Waals surface area contributed by atoms with Gasteiger partial charge in [0.25, 0.3) is 0 Å². The lowest BCUT2D eigenvalue weighted by Gasteiger charge is -2.05. The lowest BCUT2D eigenvalue weighted by molar-refractivity contribution is -0.112. The van der Waals surface area contributed by atoms with Crippen LogP contribution in [0.1, 0.15) is 64.2 Å². The number of carbonyl (C=O) groups is 4. The molecule has 1 saturated heterocycles. The molecule has 0 unspecified atom stereocenters. The maximum atomic E-state index is 12.1. The van der Waals surface area contributed by atoms with Crippen LogP contribution in [0.3, 0.4) is 0 Å². The lowest BCUT2D eigenvalue weighted by atomic mass is 10.2. The highest BCUT2D eigenvalue weighted by Gasteiger charge is 2.07. The van der Waals surface area contributed by atoms with Crippen molar-refractivity contribution in [1.29, 1.82) is 0 Å². The van der Waals surface area contributed by atoms with Crippen LogP contribution < -0.4 is 0 Å². The SMILES string of the molecule is O=C1CCCCCC(=O)SCCSCCSCCSCCSC(=O)CCCCCC(=O)SCCSCCSCCSCCS1. The second-order valence-corrected chi connectivity index (χ2v) is 21.6. The van der Waals surface area contributed by atoms with Gasteiger partial charge in [-0.2, -0.15) is 70.6 Å². The minimum absolute atomic E-state index is 0.295. The van der Waals surface area contributed by atoms with Crippen molar-refractivity contribution in [3.05, 3.63) is 0 Å². The molecule has 256 valence electrons. The Morgan fingerprint density at radius 2 is 0.432 bits per heavy atom. The van der Waals surface area contributed by atoms with Gasteiger partial charge in [-0.3, -0.25) is 19.2 Å². The molecule has 14 heteroatoms. The van der Waals surface area contributed by atoms with E-state index in [1.165, 1.54) is 47.0 Å². The summed E-state index contributed by atoms with van der Waals surface area (Å²) in [5, 5.41) is 1.18. The molecule has 0 bridgehead atoms. The van der Waals surface area contributed by atoms with E-state index in [1.807, 2.05) is 70.6 Å². The molecule has 1 aliphatic rings. The zero-order valence-electron chi connectivity index (χ0n) is 26.1. The van der Waals surface area contributed by atoms with E-state index in [0.717, 1.165) is 131 Å². The molecule has 0 N–H and O–H groups in total. The second-order valence-electron chi connectivity index (χ2n) is 9.68. The molecular weight excluding hydrogens is 745 g/mol. The molecule has 0 amide bonds. The average Bonchev–Trinajstić information content (AvgIpc) is 3.00. The monoisotopic (exact) mass is 796 g/mol. The lowest BCUT2D eigenvalue weighted by Crippen LogP contribution is -1.99. The van der Waals surface area contributed by atoms with E-state index in [1.54, 1.807) is 0 Å². The Hall–Kier alpha value is 2.18. The number of carbonyl (C=O) groups excluding carboxylic acids is 4. The average molecular weight is 797 g/mol. The molecule has 0 atom stereocenters. The van der Waals surface area contributed by atoms with Crippen LogP contribution in [0.25, 0.3) is 0 Å². The van der Waals surface area contributed by atoms with Crippen molar-refractivity contribution < 1.29 is 19.2 Å². The Morgan fingerprint density at radius 3 is 0.636 bits per heavy atom. The zero-order valence-corrected chi connectivity index (χ0v) is 34.3. The van der Waals surface area contributed by atoms with Gasteiger partial charge in [0.15, 0.2) is 20.5 Å². The van der Waals surface area contributed by atoms with Crippen LogP contribution in [0.2, 0.25) is 0 Å². The topological polar surface area (TPSA) is 68.3 Å². The molecule has 0 saturated carbocycles. The standard InChI is InChI=1S/C30H52O4S10/c31-27-7-3-1-4-8-28(32)42-24-20-38-16-12-36-14-18-40-22-26-44-30(34)10-6-2-5-9-29(33)43-25-21-39-17-13-35-11-15-37-19-23-41-27/h1-26H2. The first kappa shape index (κ1) is 44.2. The van der Waals surface area contributed by atoms with Gasteiger partial charge in [-0.15, -0.1) is 0 Å². The fraction of sp³-hybridized carbons (Fsp3) is 0.867. The summed E-state index contributed by atoms with van der Waals surface area (Å²) >= 11 is 17.6. The smallest absolute Gasteiger partial charge is 0.188 e. The van der Waals surface area contributed by atoms with E-state index >= 15 is 0 Å². The summed E-state index contributed by atoms with van der Waals surface area (Å²) in [6.07, 6.45) is 8.01. The Morgan fingerprint density at radius 1 is 0.250 bits per heavy atom. The molecule has 0 aromatic carbocycles.